The molecule has 4 aliphatic rings. The van der Waals surface area contributed by atoms with Gasteiger partial charge in [0.15, 0.2) is 15.4 Å². The summed E-state index contributed by atoms with van der Waals surface area (Å²) < 4.78 is 7.27. The number of piperidine rings is 3. The van der Waals surface area contributed by atoms with Crippen LogP contribution in [0.4, 0.5) is 27.3 Å². The Hall–Kier alpha value is -11.1. The van der Waals surface area contributed by atoms with Crippen LogP contribution in [-0.2, 0) is 25.7 Å². The summed E-state index contributed by atoms with van der Waals surface area (Å²) in [5.74, 6) is 3.16. The molecule has 0 amide bonds. The summed E-state index contributed by atoms with van der Waals surface area (Å²) in [6, 6.07) is 48.8. The smallest absolute Gasteiger partial charge is 1.00 e. The number of halogens is 1. The molecule has 13 N–H and O–H groups in total. The zero-order chi connectivity index (χ0) is 78.3. The standard InChI is InChI=1S/C27H28N8S2.C27H26N8S.C24H20N4OS.C3H6N4.C2H6O.B.ClH.Na.H/c28-25(36)19-3-1-2-18(15-19)22-16-35(20-8-11-34(12-9-20)27-30-10-13-37-27)23-14-17(4-6-21(22)23)5-7-24-31-26(29)33-32-24;28-16-19-2-1-3-20(14-19)23-17-35(21-8-11-34(12-9-21)27-30-10-13-36-27)24-15-18(4-6-22(23)24)5-7-25-31-26(29)33-32-25;25-14-17-2-1-3-19(12-17)22-15-28(23-13-18(16-29)4-5-21(22)23)20-6-9-27(10-7-20)24-26-8-11-30-24;4-2-1-3(5)7-6-2;1-2-3;;;;/h1-4,6,10,13-16,20H,5,7-9,11-12H2,(H2,28,36)(H3,29,31,32,33);1-4,6,10,13-15,17,21H,5,7-9,11-12H2,(H3,29,31,32,33);1-5,8,11-13,15-16,20H,6-7,9-10H2;1H2,(H2,4,6)(H2,5,7);3H,2H2,1H3;;1H;;/q;;;;;;;+1;-1. The van der Waals surface area contributed by atoms with Crippen molar-refractivity contribution in [1.29, 1.82) is 10.5 Å². The minimum absolute atomic E-state index is 0. The summed E-state index contributed by atoms with van der Waals surface area (Å²) in [5, 5.41) is 59.9. The second-order valence-electron chi connectivity index (χ2n) is 27.8. The molecule has 0 saturated carbocycles. The van der Waals surface area contributed by atoms with Gasteiger partial charge in [0.1, 0.15) is 34.6 Å². The molecule has 6 aromatic carbocycles. The molecule has 4 aliphatic heterocycles. The van der Waals surface area contributed by atoms with Gasteiger partial charge in [-0.05, 0) is 135 Å². The summed E-state index contributed by atoms with van der Waals surface area (Å²) >= 11 is 10.3. The van der Waals surface area contributed by atoms with E-state index in [2.05, 4.69) is 169 Å². The Morgan fingerprint density at radius 3 is 1.25 bits per heavy atom. The number of anilines is 5. The summed E-state index contributed by atoms with van der Waals surface area (Å²) in [7, 11) is 0. The third-order valence-corrected chi connectivity index (χ3v) is 23.3. The van der Waals surface area contributed by atoms with Crippen LogP contribution in [0.3, 0.4) is 0 Å². The molecular weight excluding hydrogens is 1560 g/mol. The van der Waals surface area contributed by atoms with Crippen LogP contribution in [0, 0.1) is 22.7 Å². The van der Waals surface area contributed by atoms with Crippen molar-refractivity contribution in [3.05, 3.63) is 226 Å². The van der Waals surface area contributed by atoms with E-state index in [4.69, 9.17) is 46.0 Å². The van der Waals surface area contributed by atoms with Crippen molar-refractivity contribution in [2.24, 2.45) is 27.4 Å². The number of aldehydes is 1. The monoisotopic (exact) mass is 1650 g/mol. The molecule has 26 nitrogen and oxygen atoms in total. The number of amidine groups is 2. The molecule has 0 unspecified atom stereocenters. The van der Waals surface area contributed by atoms with E-state index in [0.717, 1.165) is 176 Å². The Labute approximate surface area is 721 Å². The van der Waals surface area contributed by atoms with E-state index in [0.29, 0.717) is 57.9 Å². The quantitative estimate of drug-likeness (QED) is 0.0238. The minimum Gasteiger partial charge on any atom is -1.00 e. The van der Waals surface area contributed by atoms with E-state index in [9.17, 15) is 15.3 Å². The Balaban J connectivity index is 0.000000172. The fourth-order valence-electron chi connectivity index (χ4n) is 15.1. The maximum atomic E-state index is 11.4. The molecule has 0 atom stereocenters. The second-order valence-corrected chi connectivity index (χ2v) is 30.9. The molecular formula is C83H88BClN24NaO2S4. The third kappa shape index (κ3) is 20.6. The van der Waals surface area contributed by atoms with Crippen LogP contribution in [-0.4, -0.2) is 141 Å². The molecule has 14 aromatic rings. The Kier molecular flexibility index (Phi) is 29.9. The number of aromatic amines is 2. The number of fused-ring (bicyclic) bond motifs is 3. The summed E-state index contributed by atoms with van der Waals surface area (Å²) in [6.45, 7) is 7.83. The Bertz CT molecular complexity index is 5750. The number of nitrogens with two attached hydrogens (primary N) is 5. The van der Waals surface area contributed by atoms with E-state index in [1.54, 1.807) is 40.9 Å². The van der Waals surface area contributed by atoms with Crippen molar-refractivity contribution >= 4 is 150 Å². The number of thiocarbonyl (C=S) groups is 1. The van der Waals surface area contributed by atoms with E-state index in [1.165, 1.54) is 44.1 Å². The van der Waals surface area contributed by atoms with Crippen molar-refractivity contribution < 1.29 is 40.9 Å². The number of aliphatic hydroxyl groups excluding tert-OH is 1. The number of benzene rings is 6. The summed E-state index contributed by atoms with van der Waals surface area (Å²) in [5.41, 5.74) is 43.3. The first-order valence-corrected chi connectivity index (χ1v) is 40.5. The number of carbonyl (C=O) groups excluding carboxylic acids is 1. The Morgan fingerprint density at radius 1 is 0.552 bits per heavy atom. The average Bonchev–Trinajstić information content (AvgIpc) is 1.63. The molecule has 116 heavy (non-hydrogen) atoms. The van der Waals surface area contributed by atoms with Crippen molar-refractivity contribution in [1.82, 2.24) is 59.0 Å². The van der Waals surface area contributed by atoms with Gasteiger partial charge >= 0.3 is 29.6 Å². The number of nitrogens with zero attached hydrogens (tertiary/aromatic N) is 17. The first-order valence-electron chi connectivity index (χ1n) is 37.5. The number of rotatable bonds is 17. The number of nitrogens with one attached hydrogen (secondary N) is 2. The minimum atomic E-state index is 0. The number of H-pyrrole nitrogens is 2. The van der Waals surface area contributed by atoms with Gasteiger partial charge in [-0.25, -0.2) is 15.0 Å². The first-order chi connectivity index (χ1) is 55.2. The van der Waals surface area contributed by atoms with Crippen LogP contribution in [0.15, 0.2) is 191 Å². The van der Waals surface area contributed by atoms with Crippen LogP contribution >= 0.6 is 58.6 Å². The molecule has 3 radical (unpaired) electrons. The molecule has 0 aliphatic carbocycles. The zero-order valence-electron chi connectivity index (χ0n) is 65.3. The second kappa shape index (κ2) is 40.5. The number of carbonyl (C=O) groups is 1. The van der Waals surface area contributed by atoms with E-state index in [-0.39, 0.29) is 70.3 Å². The summed E-state index contributed by atoms with van der Waals surface area (Å²) in [6.07, 6.45) is 23.3. The first kappa shape index (κ1) is 85.8. The van der Waals surface area contributed by atoms with Gasteiger partial charge < -0.3 is 63.6 Å². The predicted octanol–water partition coefficient (Wildman–Crippen LogP) is 11.2. The maximum absolute atomic E-state index is 11.4. The fourth-order valence-corrected chi connectivity index (χ4v) is 17.3. The number of nitriles is 2. The predicted molar refractivity (Wildman–Crippen MR) is 472 cm³/mol. The molecule has 12 heterocycles. The number of aryl methyl sites for hydroxylation is 4. The SMILES string of the molecule is CCO.Cl.N#Cc1cccc(-c2cn(C3CCN(c4nccs4)CC3)c3cc(C=O)ccc23)c1.N#Cc1cccc(-c2cn(C3CCN(c4nccs4)CC3)c3cc(CCc4nc(N)n[nH]4)ccc23)c1.NC(=S)c1cccc(-c2cn(C3CCN(c4nccs4)CC3)c3cc(CCc4nc(N)n[nH]4)ccc23)c1.NC1=NN=C(N)C1.[B].[H-].[Na+]. The molecule has 18 rings (SSSR count). The van der Waals surface area contributed by atoms with Gasteiger partial charge in [0.05, 0.1) is 29.7 Å². The molecule has 33 heteroatoms. The molecule has 8 aromatic heterocycles. The van der Waals surface area contributed by atoms with Gasteiger partial charge in [0.25, 0.3) is 0 Å². The van der Waals surface area contributed by atoms with Crippen LogP contribution in [0.25, 0.3) is 66.1 Å². The zero-order valence-corrected chi connectivity index (χ0v) is 70.4. The number of aliphatic hydroxyl groups is 1. The maximum Gasteiger partial charge on any atom is 1.00 e. The molecule has 0 spiro atoms. The largest absolute Gasteiger partial charge is 1.00 e. The van der Waals surface area contributed by atoms with Gasteiger partial charge in [-0.15, -0.1) is 66.8 Å². The van der Waals surface area contributed by atoms with Crippen molar-refractivity contribution in [3.63, 3.8) is 0 Å². The summed E-state index contributed by atoms with van der Waals surface area (Å²) in [4.78, 5) is 40.9. The van der Waals surface area contributed by atoms with Crippen molar-refractivity contribution in [3.8, 4) is 45.5 Å². The molecule has 587 valence electrons. The van der Waals surface area contributed by atoms with Gasteiger partial charge in [-0.3, -0.25) is 15.0 Å². The fraction of sp³-hybridized carbons (Fsp3) is 0.265. The van der Waals surface area contributed by atoms with Crippen LogP contribution in [0.2, 0.25) is 0 Å². The van der Waals surface area contributed by atoms with Crippen LogP contribution < -0.4 is 72.9 Å². The number of nitrogen functional groups attached to an aromatic ring is 2. The van der Waals surface area contributed by atoms with Crippen LogP contribution in [0.1, 0.15) is 121 Å². The number of hydrogen-bond donors (Lipinski definition) is 8. The van der Waals surface area contributed by atoms with Gasteiger partial charge in [-0.1, -0.05) is 91.1 Å². The van der Waals surface area contributed by atoms with Crippen LogP contribution in [0.5, 0.6) is 0 Å². The van der Waals surface area contributed by atoms with E-state index in [1.807, 2.05) is 108 Å². The normalized spacial score (nSPS) is 14.2. The van der Waals surface area contributed by atoms with Gasteiger partial charge in [0, 0.05) is 199 Å². The number of thiazole rings is 3. The molecule has 3 saturated heterocycles. The van der Waals surface area contributed by atoms with Crippen molar-refractivity contribution in [2.45, 2.75) is 95.7 Å². The van der Waals surface area contributed by atoms with E-state index < -0.39 is 0 Å². The topological polar surface area (TPSA) is 386 Å². The third-order valence-electron chi connectivity index (χ3n) is 20.6. The number of hydrogen-bond acceptors (Lipinski definition) is 24. The number of aromatic nitrogens is 12. The van der Waals surface area contributed by atoms with Gasteiger partial charge in [0.2, 0.25) is 11.9 Å². The Morgan fingerprint density at radius 2 is 0.922 bits per heavy atom. The van der Waals surface area contributed by atoms with E-state index >= 15 is 0 Å². The van der Waals surface area contributed by atoms with Gasteiger partial charge in [-0.2, -0.15) is 20.5 Å². The molecule has 0 bridgehead atoms. The molecule has 3 fully saturated rings. The van der Waals surface area contributed by atoms with Crippen molar-refractivity contribution in [2.75, 3.05) is 72.0 Å². The average molecular weight is 1650 g/mol.